The summed E-state index contributed by atoms with van der Waals surface area (Å²) in [6.45, 7) is 6.19. The van der Waals surface area contributed by atoms with Gasteiger partial charge in [-0.2, -0.15) is 0 Å². The summed E-state index contributed by atoms with van der Waals surface area (Å²) >= 11 is 0. The molecule has 1 saturated heterocycles. The molecule has 0 amide bonds. The summed E-state index contributed by atoms with van der Waals surface area (Å²) in [4.78, 5) is 14.7. The molecule has 0 aromatic heterocycles. The van der Waals surface area contributed by atoms with Crippen LogP contribution in [0, 0.1) is 17.8 Å². The predicted molar refractivity (Wildman–Crippen MR) is 84.3 cm³/mol. The maximum atomic E-state index is 12.1. The molecule has 21 heavy (non-hydrogen) atoms. The Kier molecular flexibility index (Phi) is 5.33. The van der Waals surface area contributed by atoms with Gasteiger partial charge in [-0.3, -0.25) is 9.69 Å². The van der Waals surface area contributed by atoms with Crippen LogP contribution >= 0.6 is 0 Å². The summed E-state index contributed by atoms with van der Waals surface area (Å²) in [7, 11) is 0. The van der Waals surface area contributed by atoms with E-state index < -0.39 is 0 Å². The zero-order chi connectivity index (χ0) is 14.7. The summed E-state index contributed by atoms with van der Waals surface area (Å²) in [5.41, 5.74) is 0. The Morgan fingerprint density at radius 2 is 2.05 bits per heavy atom. The Bertz CT molecular complexity index is 357. The lowest BCUT2D eigenvalue weighted by atomic mass is 9.79. The summed E-state index contributed by atoms with van der Waals surface area (Å²) in [5, 5.41) is 0. The van der Waals surface area contributed by atoms with Gasteiger partial charge in [-0.15, -0.1) is 0 Å². The van der Waals surface area contributed by atoms with Gasteiger partial charge in [0.25, 0.3) is 0 Å². The number of hydrogen-bond acceptors (Lipinski definition) is 3. The number of nitrogens with zero attached hydrogens (tertiary/aromatic N) is 1. The van der Waals surface area contributed by atoms with Crippen molar-refractivity contribution in [2.24, 2.45) is 17.8 Å². The lowest BCUT2D eigenvalue weighted by Crippen LogP contribution is -2.52. The van der Waals surface area contributed by atoms with Gasteiger partial charge in [0.05, 0.1) is 13.2 Å². The lowest BCUT2D eigenvalue weighted by Gasteiger charge is -2.41. The van der Waals surface area contributed by atoms with Gasteiger partial charge in [0.2, 0.25) is 0 Å². The van der Waals surface area contributed by atoms with E-state index in [1.807, 2.05) is 0 Å². The van der Waals surface area contributed by atoms with Gasteiger partial charge < -0.3 is 4.74 Å². The molecule has 0 N–H and O–H groups in total. The molecule has 2 aliphatic carbocycles. The number of ketones is 1. The predicted octanol–water partition coefficient (Wildman–Crippen LogP) is 3.27. The number of ether oxygens (including phenoxy) is 1. The molecule has 0 radical (unpaired) electrons. The molecule has 0 aromatic rings. The number of carbonyl (C=O) groups excluding carboxylic acids is 1. The van der Waals surface area contributed by atoms with Crippen molar-refractivity contribution >= 4 is 5.78 Å². The lowest BCUT2D eigenvalue weighted by molar-refractivity contribution is -0.126. The Hall–Kier alpha value is -0.410. The molecular formula is C18H31NO2. The zero-order valence-corrected chi connectivity index (χ0v) is 13.6. The number of rotatable bonds is 4. The average molecular weight is 293 g/mol. The van der Waals surface area contributed by atoms with E-state index in [0.29, 0.717) is 11.8 Å². The first kappa shape index (κ1) is 15.5. The second kappa shape index (κ2) is 7.23. The van der Waals surface area contributed by atoms with Crippen molar-refractivity contribution in [1.82, 2.24) is 4.90 Å². The Morgan fingerprint density at radius 3 is 2.81 bits per heavy atom. The minimum Gasteiger partial charge on any atom is -0.378 e. The quantitative estimate of drug-likeness (QED) is 0.796. The van der Waals surface area contributed by atoms with Crippen LogP contribution in [0.2, 0.25) is 0 Å². The fourth-order valence-corrected chi connectivity index (χ4v) is 4.77. The van der Waals surface area contributed by atoms with E-state index in [9.17, 15) is 4.79 Å². The standard InChI is InChI=1S/C18H31NO2/c1-2-14-5-3-6-15(11-14)12-19-9-10-21-13-17(19)16-7-4-8-18(16)20/h14-17H,2-13H2,1H3/t14-,15+,16-,17-/m1/s1. The maximum Gasteiger partial charge on any atom is 0.137 e. The van der Waals surface area contributed by atoms with Crippen LogP contribution in [0.5, 0.6) is 0 Å². The van der Waals surface area contributed by atoms with Crippen molar-refractivity contribution in [3.05, 3.63) is 0 Å². The highest BCUT2D eigenvalue weighted by atomic mass is 16.5. The maximum absolute atomic E-state index is 12.1. The van der Waals surface area contributed by atoms with E-state index in [1.165, 1.54) is 38.6 Å². The smallest absolute Gasteiger partial charge is 0.137 e. The third kappa shape index (κ3) is 3.68. The fourth-order valence-electron chi connectivity index (χ4n) is 4.77. The first-order chi connectivity index (χ1) is 10.3. The van der Waals surface area contributed by atoms with Crippen molar-refractivity contribution in [3.63, 3.8) is 0 Å². The molecule has 0 aromatic carbocycles. The highest BCUT2D eigenvalue weighted by Crippen LogP contribution is 2.34. The molecule has 2 saturated carbocycles. The Balaban J connectivity index is 1.60. The zero-order valence-electron chi connectivity index (χ0n) is 13.6. The summed E-state index contributed by atoms with van der Waals surface area (Å²) in [5.74, 6) is 2.54. The minimum absolute atomic E-state index is 0.260. The fraction of sp³-hybridized carbons (Fsp3) is 0.944. The van der Waals surface area contributed by atoms with E-state index in [1.54, 1.807) is 0 Å². The van der Waals surface area contributed by atoms with Crippen LogP contribution in [-0.2, 0) is 9.53 Å². The molecule has 1 aliphatic heterocycles. The van der Waals surface area contributed by atoms with E-state index in [-0.39, 0.29) is 5.92 Å². The second-order valence-corrected chi connectivity index (χ2v) is 7.41. The first-order valence-corrected chi connectivity index (χ1v) is 9.12. The third-order valence-electron chi connectivity index (χ3n) is 6.06. The van der Waals surface area contributed by atoms with Gasteiger partial charge in [-0.1, -0.05) is 26.2 Å². The van der Waals surface area contributed by atoms with Crippen LogP contribution < -0.4 is 0 Å². The van der Waals surface area contributed by atoms with Gasteiger partial charge >= 0.3 is 0 Å². The first-order valence-electron chi connectivity index (χ1n) is 9.12. The Morgan fingerprint density at radius 1 is 1.19 bits per heavy atom. The van der Waals surface area contributed by atoms with Gasteiger partial charge in [0.1, 0.15) is 5.78 Å². The summed E-state index contributed by atoms with van der Waals surface area (Å²) in [6.07, 6.45) is 9.95. The summed E-state index contributed by atoms with van der Waals surface area (Å²) < 4.78 is 5.71. The van der Waals surface area contributed by atoms with Crippen LogP contribution in [0.4, 0.5) is 0 Å². The SMILES string of the molecule is CC[C@@H]1CCC[C@H](CN2CCOC[C@@H]2[C@H]2CCCC2=O)C1. The molecule has 3 nitrogen and oxygen atoms in total. The minimum atomic E-state index is 0.260. The molecule has 1 heterocycles. The molecular weight excluding hydrogens is 262 g/mol. The van der Waals surface area contributed by atoms with E-state index >= 15 is 0 Å². The average Bonchev–Trinajstić information content (AvgIpc) is 2.94. The normalized spacial score (nSPS) is 38.8. The number of hydrogen-bond donors (Lipinski definition) is 0. The molecule has 3 fully saturated rings. The molecule has 4 atom stereocenters. The summed E-state index contributed by atoms with van der Waals surface area (Å²) in [6, 6.07) is 0.371. The van der Waals surface area contributed by atoms with E-state index in [4.69, 9.17) is 4.74 Å². The molecule has 0 unspecified atom stereocenters. The van der Waals surface area contributed by atoms with Crippen LogP contribution in [0.3, 0.4) is 0 Å². The van der Waals surface area contributed by atoms with E-state index in [2.05, 4.69) is 11.8 Å². The van der Waals surface area contributed by atoms with Crippen molar-refractivity contribution in [2.45, 2.75) is 64.3 Å². The molecule has 120 valence electrons. The van der Waals surface area contributed by atoms with Crippen LogP contribution in [-0.4, -0.2) is 43.0 Å². The third-order valence-corrected chi connectivity index (χ3v) is 6.06. The molecule has 3 heteroatoms. The van der Waals surface area contributed by atoms with E-state index in [0.717, 1.165) is 50.9 Å². The van der Waals surface area contributed by atoms with Crippen molar-refractivity contribution < 1.29 is 9.53 Å². The van der Waals surface area contributed by atoms with Crippen LogP contribution in [0.1, 0.15) is 58.3 Å². The molecule has 3 aliphatic rings. The molecule has 0 spiro atoms. The van der Waals surface area contributed by atoms with Gasteiger partial charge in [0, 0.05) is 31.5 Å². The number of morpholine rings is 1. The largest absolute Gasteiger partial charge is 0.378 e. The molecule has 0 bridgehead atoms. The topological polar surface area (TPSA) is 29.5 Å². The molecule has 3 rings (SSSR count). The van der Waals surface area contributed by atoms with Gasteiger partial charge in [-0.05, 0) is 37.5 Å². The Labute approximate surface area is 129 Å². The monoisotopic (exact) mass is 293 g/mol. The highest BCUT2D eigenvalue weighted by Gasteiger charge is 2.38. The van der Waals surface area contributed by atoms with Gasteiger partial charge in [0.15, 0.2) is 0 Å². The highest BCUT2D eigenvalue weighted by molar-refractivity contribution is 5.83. The van der Waals surface area contributed by atoms with Crippen molar-refractivity contribution in [1.29, 1.82) is 0 Å². The van der Waals surface area contributed by atoms with Crippen molar-refractivity contribution in [2.75, 3.05) is 26.3 Å². The number of Topliss-reactive ketones (excluding diaryl/α,β-unsaturated/α-hetero) is 1. The van der Waals surface area contributed by atoms with Crippen molar-refractivity contribution in [3.8, 4) is 0 Å². The van der Waals surface area contributed by atoms with Crippen LogP contribution in [0.25, 0.3) is 0 Å². The van der Waals surface area contributed by atoms with Gasteiger partial charge in [-0.25, -0.2) is 0 Å². The second-order valence-electron chi connectivity index (χ2n) is 7.41. The number of carbonyl (C=O) groups is 1. The van der Waals surface area contributed by atoms with Crippen LogP contribution in [0.15, 0.2) is 0 Å².